The van der Waals surface area contributed by atoms with Crippen molar-refractivity contribution in [2.24, 2.45) is 5.92 Å². The fourth-order valence-corrected chi connectivity index (χ4v) is 2.57. The Bertz CT molecular complexity index is 475. The highest BCUT2D eigenvalue weighted by molar-refractivity contribution is 5.94. The maximum Gasteiger partial charge on any atom is 0.307 e. The second kappa shape index (κ2) is 6.52. The number of carbonyl (C=O) groups is 2. The van der Waals surface area contributed by atoms with Crippen LogP contribution in [0.5, 0.6) is 0 Å². The molecule has 1 aliphatic heterocycles. The van der Waals surface area contributed by atoms with Crippen molar-refractivity contribution in [3.63, 3.8) is 0 Å². The molecule has 1 heterocycles. The van der Waals surface area contributed by atoms with Gasteiger partial charge in [0.2, 0.25) is 5.91 Å². The Morgan fingerprint density at radius 3 is 2.60 bits per heavy atom. The average Bonchev–Trinajstić information content (AvgIpc) is 2.89. The molecule has 0 saturated carbocycles. The van der Waals surface area contributed by atoms with E-state index in [0.717, 1.165) is 5.69 Å². The summed E-state index contributed by atoms with van der Waals surface area (Å²) in [5.74, 6) is -1.09. The molecule has 1 N–H and O–H groups in total. The summed E-state index contributed by atoms with van der Waals surface area (Å²) < 4.78 is 0. The molecule has 1 amide bonds. The monoisotopic (exact) mass is 276 g/mol. The minimum Gasteiger partial charge on any atom is -0.481 e. The van der Waals surface area contributed by atoms with Gasteiger partial charge in [0.1, 0.15) is 0 Å². The van der Waals surface area contributed by atoms with Crippen LogP contribution in [0.1, 0.15) is 13.3 Å². The molecule has 0 aliphatic carbocycles. The first-order valence-corrected chi connectivity index (χ1v) is 6.92. The molecular weight excluding hydrogens is 256 g/mol. The van der Waals surface area contributed by atoms with E-state index in [1.165, 1.54) is 0 Å². The van der Waals surface area contributed by atoms with Crippen LogP contribution in [0.25, 0.3) is 0 Å². The summed E-state index contributed by atoms with van der Waals surface area (Å²) in [4.78, 5) is 26.9. The summed E-state index contributed by atoms with van der Waals surface area (Å²) in [6, 6.07) is 9.54. The summed E-state index contributed by atoms with van der Waals surface area (Å²) in [5, 5.41) is 8.98. The van der Waals surface area contributed by atoms with Crippen molar-refractivity contribution < 1.29 is 14.7 Å². The number of anilines is 1. The van der Waals surface area contributed by atoms with Crippen LogP contribution in [0.3, 0.4) is 0 Å². The topological polar surface area (TPSA) is 60.9 Å². The quantitative estimate of drug-likeness (QED) is 0.884. The lowest BCUT2D eigenvalue weighted by Gasteiger charge is -2.24. The molecule has 5 heteroatoms. The summed E-state index contributed by atoms with van der Waals surface area (Å²) in [6.07, 6.45) is 0.625. The number of carbonyl (C=O) groups excluding carboxylic acids is 1. The van der Waals surface area contributed by atoms with Crippen molar-refractivity contribution in [3.05, 3.63) is 30.3 Å². The Balaban J connectivity index is 1.96. The lowest BCUT2D eigenvalue weighted by Crippen LogP contribution is -2.40. The van der Waals surface area contributed by atoms with Crippen molar-refractivity contribution in [3.8, 4) is 0 Å². The lowest BCUT2D eigenvalue weighted by molar-refractivity contribution is -0.141. The Labute approximate surface area is 118 Å². The number of aliphatic carboxylic acids is 1. The lowest BCUT2D eigenvalue weighted by atomic mass is 10.1. The van der Waals surface area contributed by atoms with Gasteiger partial charge >= 0.3 is 5.97 Å². The fraction of sp³-hybridized carbons (Fsp3) is 0.467. The Morgan fingerprint density at radius 1 is 1.35 bits per heavy atom. The third-order valence-corrected chi connectivity index (χ3v) is 3.67. The van der Waals surface area contributed by atoms with Gasteiger partial charge in [0.15, 0.2) is 0 Å². The highest BCUT2D eigenvalue weighted by Gasteiger charge is 2.29. The largest absolute Gasteiger partial charge is 0.481 e. The molecule has 0 aromatic heterocycles. The molecule has 1 aromatic rings. The van der Waals surface area contributed by atoms with Crippen LogP contribution in [0.15, 0.2) is 30.3 Å². The van der Waals surface area contributed by atoms with Gasteiger partial charge in [-0.1, -0.05) is 18.2 Å². The van der Waals surface area contributed by atoms with Crippen LogP contribution in [-0.2, 0) is 9.59 Å². The molecule has 5 nitrogen and oxygen atoms in total. The van der Waals surface area contributed by atoms with Crippen molar-refractivity contribution in [2.75, 3.05) is 31.1 Å². The van der Waals surface area contributed by atoms with Gasteiger partial charge in [-0.2, -0.15) is 0 Å². The van der Waals surface area contributed by atoms with Crippen molar-refractivity contribution in [1.29, 1.82) is 0 Å². The third kappa shape index (κ3) is 3.36. The molecule has 0 bridgehead atoms. The average molecular weight is 276 g/mol. The maximum atomic E-state index is 12.3. The van der Waals surface area contributed by atoms with Gasteiger partial charge in [0.25, 0.3) is 0 Å². The second-order valence-corrected chi connectivity index (χ2v) is 5.03. The molecule has 0 spiro atoms. The van der Waals surface area contributed by atoms with Crippen molar-refractivity contribution in [2.45, 2.75) is 13.3 Å². The summed E-state index contributed by atoms with van der Waals surface area (Å²) in [7, 11) is 0. The van der Waals surface area contributed by atoms with Gasteiger partial charge in [-0.05, 0) is 32.0 Å². The van der Waals surface area contributed by atoms with Crippen LogP contribution in [0, 0.1) is 5.92 Å². The zero-order valence-electron chi connectivity index (χ0n) is 11.7. The molecule has 1 aliphatic rings. The predicted molar refractivity (Wildman–Crippen MR) is 76.7 cm³/mol. The zero-order chi connectivity index (χ0) is 14.5. The van der Waals surface area contributed by atoms with Gasteiger partial charge in [0.05, 0.1) is 12.5 Å². The van der Waals surface area contributed by atoms with Gasteiger partial charge in [-0.25, -0.2) is 0 Å². The number of amides is 1. The van der Waals surface area contributed by atoms with E-state index in [9.17, 15) is 9.59 Å². The van der Waals surface area contributed by atoms with Crippen LogP contribution in [0.4, 0.5) is 5.69 Å². The van der Waals surface area contributed by atoms with E-state index in [-0.39, 0.29) is 18.4 Å². The Kier molecular flexibility index (Phi) is 4.74. The number of para-hydroxylation sites is 1. The van der Waals surface area contributed by atoms with E-state index in [2.05, 4.69) is 0 Å². The first kappa shape index (κ1) is 14.5. The van der Waals surface area contributed by atoms with Gasteiger partial charge in [0, 0.05) is 18.8 Å². The number of likely N-dealkylation sites (N-methyl/N-ethyl adjacent to an activating group) is 1. The first-order chi connectivity index (χ1) is 9.61. The first-order valence-electron chi connectivity index (χ1n) is 6.92. The molecule has 1 fully saturated rings. The molecule has 108 valence electrons. The molecule has 2 rings (SSSR count). The number of carboxylic acid groups (broad SMARTS) is 1. The number of rotatable bonds is 5. The SMILES string of the molecule is CCN(C(=O)CN1CCC(C(=O)O)C1)c1ccccc1. The number of hydrogen-bond donors (Lipinski definition) is 1. The van der Waals surface area contributed by atoms with Crippen LogP contribution < -0.4 is 4.90 Å². The highest BCUT2D eigenvalue weighted by atomic mass is 16.4. The number of carboxylic acids is 1. The molecular formula is C15H20N2O3. The summed E-state index contributed by atoms with van der Waals surface area (Å²) >= 11 is 0. The molecule has 1 unspecified atom stereocenters. The van der Waals surface area contributed by atoms with Crippen LogP contribution in [-0.4, -0.2) is 48.1 Å². The minimum atomic E-state index is -0.768. The zero-order valence-corrected chi connectivity index (χ0v) is 11.7. The maximum absolute atomic E-state index is 12.3. The van der Waals surface area contributed by atoms with Gasteiger partial charge < -0.3 is 10.0 Å². The second-order valence-electron chi connectivity index (χ2n) is 5.03. The van der Waals surface area contributed by atoms with E-state index >= 15 is 0 Å². The normalized spacial score (nSPS) is 18.9. The van der Waals surface area contributed by atoms with Crippen LogP contribution in [0.2, 0.25) is 0 Å². The smallest absolute Gasteiger partial charge is 0.307 e. The fourth-order valence-electron chi connectivity index (χ4n) is 2.57. The predicted octanol–water partition coefficient (Wildman–Crippen LogP) is 1.45. The van der Waals surface area contributed by atoms with E-state index in [4.69, 9.17) is 5.11 Å². The number of nitrogens with zero attached hydrogens (tertiary/aromatic N) is 2. The van der Waals surface area contributed by atoms with Crippen LogP contribution >= 0.6 is 0 Å². The molecule has 0 radical (unpaired) electrons. The van der Waals surface area contributed by atoms with E-state index in [1.54, 1.807) is 4.90 Å². The minimum absolute atomic E-state index is 0.0183. The number of likely N-dealkylation sites (tertiary alicyclic amines) is 1. The Hall–Kier alpha value is -1.88. The van der Waals surface area contributed by atoms with Gasteiger partial charge in [-0.3, -0.25) is 14.5 Å². The summed E-state index contributed by atoms with van der Waals surface area (Å²) in [5.41, 5.74) is 0.883. The molecule has 1 atom stereocenters. The Morgan fingerprint density at radius 2 is 2.05 bits per heavy atom. The van der Waals surface area contributed by atoms with Gasteiger partial charge in [-0.15, -0.1) is 0 Å². The van der Waals surface area contributed by atoms with Crippen molar-refractivity contribution in [1.82, 2.24) is 4.90 Å². The molecule has 20 heavy (non-hydrogen) atoms. The van der Waals surface area contributed by atoms with E-state index < -0.39 is 5.97 Å². The molecule has 1 aromatic carbocycles. The van der Waals surface area contributed by atoms with E-state index in [1.807, 2.05) is 42.2 Å². The van der Waals surface area contributed by atoms with Crippen molar-refractivity contribution >= 4 is 17.6 Å². The summed E-state index contributed by atoms with van der Waals surface area (Å²) in [6.45, 7) is 3.98. The number of benzene rings is 1. The third-order valence-electron chi connectivity index (χ3n) is 3.67. The number of hydrogen-bond acceptors (Lipinski definition) is 3. The molecule has 1 saturated heterocycles. The highest BCUT2D eigenvalue weighted by Crippen LogP contribution is 2.18. The van der Waals surface area contributed by atoms with E-state index in [0.29, 0.717) is 26.1 Å². The standard InChI is InChI=1S/C15H20N2O3/c1-2-17(13-6-4-3-5-7-13)14(18)11-16-9-8-12(10-16)15(19)20/h3-7,12H,2,8-11H2,1H3,(H,19,20).